The Labute approximate surface area is 188 Å². The van der Waals surface area contributed by atoms with Crippen LogP contribution >= 0.6 is 11.6 Å². The van der Waals surface area contributed by atoms with Crippen molar-refractivity contribution in [3.05, 3.63) is 83.0 Å². The van der Waals surface area contributed by atoms with Crippen LogP contribution in [0, 0.1) is 5.82 Å². The van der Waals surface area contributed by atoms with E-state index in [0.29, 0.717) is 5.76 Å². The second-order valence-electron chi connectivity index (χ2n) is 6.59. The molecule has 32 heavy (non-hydrogen) atoms. The predicted molar refractivity (Wildman–Crippen MR) is 114 cm³/mol. The van der Waals surface area contributed by atoms with E-state index in [1.54, 1.807) is 12.1 Å². The van der Waals surface area contributed by atoms with Crippen LogP contribution in [-0.2, 0) is 26.1 Å². The molecule has 0 aliphatic carbocycles. The molecule has 2 N–H and O–H groups in total. The summed E-state index contributed by atoms with van der Waals surface area (Å²) < 4.78 is 50.3. The second kappa shape index (κ2) is 9.94. The monoisotopic (exact) mass is 480 g/mol. The fourth-order valence-electron chi connectivity index (χ4n) is 2.54. The SMILES string of the molecule is CC(OC(=O)c1ccc(S(=O)(=O)NCc2ccco2)cc1)C(=O)Nc1ccc(F)cc1Cl. The van der Waals surface area contributed by atoms with Gasteiger partial charge < -0.3 is 14.5 Å². The van der Waals surface area contributed by atoms with Gasteiger partial charge in [-0.05, 0) is 61.5 Å². The smallest absolute Gasteiger partial charge is 0.338 e. The summed E-state index contributed by atoms with van der Waals surface area (Å²) in [4.78, 5) is 24.5. The lowest BCUT2D eigenvalue weighted by atomic mass is 10.2. The van der Waals surface area contributed by atoms with Gasteiger partial charge in [0.25, 0.3) is 5.91 Å². The molecule has 0 saturated heterocycles. The van der Waals surface area contributed by atoms with E-state index in [1.807, 2.05) is 0 Å². The fourth-order valence-corrected chi connectivity index (χ4v) is 3.75. The Hall–Kier alpha value is -3.21. The highest BCUT2D eigenvalue weighted by molar-refractivity contribution is 7.89. The van der Waals surface area contributed by atoms with Gasteiger partial charge in [0.15, 0.2) is 6.10 Å². The number of hydrogen-bond donors (Lipinski definition) is 2. The van der Waals surface area contributed by atoms with Crippen LogP contribution in [-0.4, -0.2) is 26.4 Å². The minimum absolute atomic E-state index is 0.00525. The maximum atomic E-state index is 13.1. The number of ether oxygens (including phenoxy) is 1. The normalized spacial score (nSPS) is 12.2. The number of halogens is 2. The van der Waals surface area contributed by atoms with Crippen LogP contribution in [0.15, 0.2) is 70.2 Å². The highest BCUT2D eigenvalue weighted by Gasteiger charge is 2.21. The Balaban J connectivity index is 1.59. The average Bonchev–Trinajstić information content (AvgIpc) is 3.28. The van der Waals surface area contributed by atoms with Gasteiger partial charge in [0.1, 0.15) is 11.6 Å². The Bertz CT molecular complexity index is 1210. The number of carbonyl (C=O) groups excluding carboxylic acids is 2. The van der Waals surface area contributed by atoms with Crippen molar-refractivity contribution in [2.24, 2.45) is 0 Å². The summed E-state index contributed by atoms with van der Waals surface area (Å²) in [5.41, 5.74) is 0.215. The van der Waals surface area contributed by atoms with Crippen molar-refractivity contribution in [3.63, 3.8) is 0 Å². The Morgan fingerprint density at radius 2 is 1.88 bits per heavy atom. The van der Waals surface area contributed by atoms with Gasteiger partial charge in [0, 0.05) is 0 Å². The first-order valence-electron chi connectivity index (χ1n) is 9.25. The first-order chi connectivity index (χ1) is 15.2. The quantitative estimate of drug-likeness (QED) is 0.475. The lowest BCUT2D eigenvalue weighted by molar-refractivity contribution is -0.123. The van der Waals surface area contributed by atoms with E-state index in [4.69, 9.17) is 20.8 Å². The Kier molecular flexibility index (Phi) is 7.29. The maximum Gasteiger partial charge on any atom is 0.338 e. The molecule has 0 fully saturated rings. The highest BCUT2D eigenvalue weighted by Crippen LogP contribution is 2.23. The van der Waals surface area contributed by atoms with Crippen molar-refractivity contribution >= 4 is 39.2 Å². The van der Waals surface area contributed by atoms with Crippen molar-refractivity contribution in [2.45, 2.75) is 24.5 Å². The summed E-state index contributed by atoms with van der Waals surface area (Å²) in [5, 5.41) is 2.43. The van der Waals surface area contributed by atoms with Gasteiger partial charge in [-0.25, -0.2) is 22.3 Å². The number of anilines is 1. The molecule has 0 aliphatic heterocycles. The van der Waals surface area contributed by atoms with Gasteiger partial charge in [-0.1, -0.05) is 11.6 Å². The van der Waals surface area contributed by atoms with Gasteiger partial charge in [0.05, 0.1) is 34.0 Å². The summed E-state index contributed by atoms with van der Waals surface area (Å²) in [7, 11) is -3.82. The zero-order chi connectivity index (χ0) is 23.3. The Morgan fingerprint density at radius 3 is 2.50 bits per heavy atom. The third kappa shape index (κ3) is 5.94. The van der Waals surface area contributed by atoms with Crippen LogP contribution in [0.25, 0.3) is 0 Å². The zero-order valence-electron chi connectivity index (χ0n) is 16.7. The van der Waals surface area contributed by atoms with Crippen LogP contribution < -0.4 is 10.0 Å². The van der Waals surface area contributed by atoms with Gasteiger partial charge in [0.2, 0.25) is 10.0 Å². The molecule has 1 aromatic heterocycles. The van der Waals surface area contributed by atoms with Gasteiger partial charge >= 0.3 is 5.97 Å². The molecule has 0 saturated carbocycles. The number of nitrogens with one attached hydrogen (secondary N) is 2. The fraction of sp³-hybridized carbons (Fsp3) is 0.143. The number of benzene rings is 2. The molecule has 3 aromatic rings. The number of furan rings is 1. The van der Waals surface area contributed by atoms with E-state index in [1.165, 1.54) is 43.5 Å². The van der Waals surface area contributed by atoms with Crippen molar-refractivity contribution in [2.75, 3.05) is 5.32 Å². The summed E-state index contributed by atoms with van der Waals surface area (Å²) in [6, 6.07) is 11.7. The molecule has 0 aliphatic rings. The highest BCUT2D eigenvalue weighted by atomic mass is 35.5. The molecule has 1 atom stereocenters. The standard InChI is InChI=1S/C21H18ClFN2O6S/c1-13(20(26)25-19-9-6-15(23)11-18(19)22)31-21(27)14-4-7-17(8-5-14)32(28,29)24-12-16-3-2-10-30-16/h2-11,13,24H,12H2,1H3,(H,25,26). The van der Waals surface area contributed by atoms with E-state index >= 15 is 0 Å². The maximum absolute atomic E-state index is 13.1. The van der Waals surface area contributed by atoms with Crippen LogP contribution in [0.4, 0.5) is 10.1 Å². The molecule has 0 radical (unpaired) electrons. The number of sulfonamides is 1. The molecule has 1 amide bonds. The number of carbonyl (C=O) groups is 2. The van der Waals surface area contributed by atoms with Crippen molar-refractivity contribution in [1.82, 2.24) is 4.72 Å². The Morgan fingerprint density at radius 1 is 1.16 bits per heavy atom. The van der Waals surface area contributed by atoms with Crippen LogP contribution in [0.5, 0.6) is 0 Å². The third-order valence-corrected chi connectivity index (χ3v) is 5.99. The predicted octanol–water partition coefficient (Wildman–Crippen LogP) is 3.73. The van der Waals surface area contributed by atoms with E-state index in [0.717, 1.165) is 12.1 Å². The summed E-state index contributed by atoms with van der Waals surface area (Å²) in [5.74, 6) is -1.62. The summed E-state index contributed by atoms with van der Waals surface area (Å²) in [6.45, 7) is 1.33. The number of amides is 1. The molecular weight excluding hydrogens is 463 g/mol. The molecule has 1 heterocycles. The molecule has 11 heteroatoms. The van der Waals surface area contributed by atoms with E-state index in [-0.39, 0.29) is 27.7 Å². The lowest BCUT2D eigenvalue weighted by Gasteiger charge is -2.14. The number of hydrogen-bond acceptors (Lipinski definition) is 6. The molecule has 8 nitrogen and oxygen atoms in total. The molecule has 3 rings (SSSR count). The van der Waals surface area contributed by atoms with Crippen LogP contribution in [0.1, 0.15) is 23.0 Å². The second-order valence-corrected chi connectivity index (χ2v) is 8.76. The zero-order valence-corrected chi connectivity index (χ0v) is 18.2. The van der Waals surface area contributed by atoms with Crippen LogP contribution in [0.2, 0.25) is 5.02 Å². The largest absolute Gasteiger partial charge is 0.468 e. The topological polar surface area (TPSA) is 115 Å². The van der Waals surface area contributed by atoms with E-state index in [2.05, 4.69) is 10.0 Å². The average molecular weight is 481 g/mol. The van der Waals surface area contributed by atoms with E-state index in [9.17, 15) is 22.4 Å². The van der Waals surface area contributed by atoms with Crippen LogP contribution in [0.3, 0.4) is 0 Å². The third-order valence-electron chi connectivity index (χ3n) is 4.26. The first kappa shape index (κ1) is 23.5. The molecule has 1 unspecified atom stereocenters. The van der Waals surface area contributed by atoms with Crippen molar-refractivity contribution in [1.29, 1.82) is 0 Å². The van der Waals surface area contributed by atoms with Crippen molar-refractivity contribution in [3.8, 4) is 0 Å². The van der Waals surface area contributed by atoms with Gasteiger partial charge in [-0.15, -0.1) is 0 Å². The minimum Gasteiger partial charge on any atom is -0.468 e. The molecule has 2 aromatic carbocycles. The van der Waals surface area contributed by atoms with E-state index < -0.39 is 33.8 Å². The summed E-state index contributed by atoms with van der Waals surface area (Å²) >= 11 is 5.86. The molecule has 168 valence electrons. The minimum atomic E-state index is -3.82. The first-order valence-corrected chi connectivity index (χ1v) is 11.1. The van der Waals surface area contributed by atoms with Gasteiger partial charge in [-0.2, -0.15) is 0 Å². The molecule has 0 spiro atoms. The van der Waals surface area contributed by atoms with Crippen molar-refractivity contribution < 1.29 is 31.6 Å². The summed E-state index contributed by atoms with van der Waals surface area (Å²) in [6.07, 6.45) is 0.238. The lowest BCUT2D eigenvalue weighted by Crippen LogP contribution is -2.30. The molecular formula is C21H18ClFN2O6S. The number of esters is 1. The number of rotatable bonds is 8. The molecule has 0 bridgehead atoms. The van der Waals surface area contributed by atoms with Gasteiger partial charge in [-0.3, -0.25) is 4.79 Å².